The number of nitrogens with zero attached hydrogens (tertiary/aromatic N) is 1. The molecule has 14 heavy (non-hydrogen) atoms. The summed E-state index contributed by atoms with van der Waals surface area (Å²) in [6.45, 7) is 1.93. The first kappa shape index (κ1) is 9.80. The lowest BCUT2D eigenvalue weighted by Crippen LogP contribution is -1.85. The number of hydrogen-bond acceptors (Lipinski definition) is 2. The Morgan fingerprint density at radius 1 is 1.43 bits per heavy atom. The maximum Gasteiger partial charge on any atom is 0.159 e. The summed E-state index contributed by atoms with van der Waals surface area (Å²) < 4.78 is 14.2. The second kappa shape index (κ2) is 3.79. The molecule has 0 saturated heterocycles. The molecule has 0 fully saturated rings. The van der Waals surface area contributed by atoms with Crippen LogP contribution in [-0.2, 0) is 0 Å². The van der Waals surface area contributed by atoms with Crippen LogP contribution >= 0.6 is 27.3 Å². The molecule has 0 bridgehead atoms. The summed E-state index contributed by atoms with van der Waals surface area (Å²) in [5.74, 6) is -0.228. The van der Waals surface area contributed by atoms with Crippen molar-refractivity contribution in [1.29, 1.82) is 0 Å². The van der Waals surface area contributed by atoms with Crippen LogP contribution in [0.15, 0.2) is 27.5 Å². The fourth-order valence-electron chi connectivity index (χ4n) is 1.21. The van der Waals surface area contributed by atoms with E-state index < -0.39 is 0 Å². The van der Waals surface area contributed by atoms with Crippen LogP contribution in [0.3, 0.4) is 0 Å². The average molecular weight is 272 g/mol. The summed E-state index contributed by atoms with van der Waals surface area (Å²) in [6.07, 6.45) is 0. The highest BCUT2D eigenvalue weighted by atomic mass is 79.9. The van der Waals surface area contributed by atoms with Crippen LogP contribution in [0.2, 0.25) is 0 Å². The van der Waals surface area contributed by atoms with Crippen molar-refractivity contribution in [2.45, 2.75) is 6.92 Å². The van der Waals surface area contributed by atoms with Crippen LogP contribution in [0.25, 0.3) is 11.3 Å². The largest absolute Gasteiger partial charge is 0.229 e. The molecular formula is C10H7BrFNS. The highest BCUT2D eigenvalue weighted by Gasteiger charge is 2.08. The van der Waals surface area contributed by atoms with Gasteiger partial charge in [-0.2, -0.15) is 0 Å². The van der Waals surface area contributed by atoms with Crippen molar-refractivity contribution in [1.82, 2.24) is 4.98 Å². The molecule has 1 aromatic carbocycles. The van der Waals surface area contributed by atoms with Crippen LogP contribution in [0.5, 0.6) is 0 Å². The smallest absolute Gasteiger partial charge is 0.159 e. The molecule has 1 heterocycles. The average Bonchev–Trinajstić information content (AvgIpc) is 2.56. The standard InChI is InChI=1S/C10H7BrFNS/c1-6-2-3-8(12)7(4-6)9-5-14-10(11)13-9/h2-5H,1H3. The number of aromatic nitrogens is 1. The van der Waals surface area contributed by atoms with Crippen molar-refractivity contribution in [3.63, 3.8) is 0 Å². The van der Waals surface area contributed by atoms with E-state index in [0.29, 0.717) is 11.3 Å². The van der Waals surface area contributed by atoms with E-state index in [2.05, 4.69) is 20.9 Å². The van der Waals surface area contributed by atoms with Crippen LogP contribution < -0.4 is 0 Å². The summed E-state index contributed by atoms with van der Waals surface area (Å²) in [5, 5.41) is 1.84. The van der Waals surface area contributed by atoms with Crippen molar-refractivity contribution in [3.05, 3.63) is 38.9 Å². The van der Waals surface area contributed by atoms with E-state index in [9.17, 15) is 4.39 Å². The second-order valence-corrected chi connectivity index (χ2v) is 5.10. The lowest BCUT2D eigenvalue weighted by Gasteiger charge is -2.00. The molecule has 0 radical (unpaired) electrons. The molecule has 1 nitrogen and oxygen atoms in total. The van der Waals surface area contributed by atoms with E-state index in [4.69, 9.17) is 0 Å². The molecule has 0 atom stereocenters. The van der Waals surface area contributed by atoms with Gasteiger partial charge in [-0.25, -0.2) is 9.37 Å². The number of aryl methyl sites for hydroxylation is 1. The minimum Gasteiger partial charge on any atom is -0.229 e. The lowest BCUT2D eigenvalue weighted by molar-refractivity contribution is 0.630. The monoisotopic (exact) mass is 271 g/mol. The quantitative estimate of drug-likeness (QED) is 0.764. The fraction of sp³-hybridized carbons (Fsp3) is 0.100. The van der Waals surface area contributed by atoms with Crippen LogP contribution in [-0.4, -0.2) is 4.98 Å². The van der Waals surface area contributed by atoms with Gasteiger partial charge >= 0.3 is 0 Å². The Kier molecular flexibility index (Phi) is 2.65. The number of benzene rings is 1. The van der Waals surface area contributed by atoms with E-state index in [1.165, 1.54) is 17.4 Å². The lowest BCUT2D eigenvalue weighted by atomic mass is 10.1. The normalized spacial score (nSPS) is 10.5. The van der Waals surface area contributed by atoms with Crippen molar-refractivity contribution in [3.8, 4) is 11.3 Å². The zero-order valence-electron chi connectivity index (χ0n) is 7.42. The van der Waals surface area contributed by atoms with Gasteiger partial charge < -0.3 is 0 Å². The second-order valence-electron chi connectivity index (χ2n) is 2.97. The Labute approximate surface area is 93.7 Å². The van der Waals surface area contributed by atoms with Gasteiger partial charge in [-0.1, -0.05) is 11.6 Å². The zero-order chi connectivity index (χ0) is 10.1. The highest BCUT2D eigenvalue weighted by Crippen LogP contribution is 2.27. The molecule has 0 spiro atoms. The first-order chi connectivity index (χ1) is 6.66. The molecule has 1 aromatic heterocycles. The molecule has 0 saturated carbocycles. The van der Waals surface area contributed by atoms with Gasteiger partial charge in [0.1, 0.15) is 5.82 Å². The van der Waals surface area contributed by atoms with Crippen LogP contribution in [0, 0.1) is 12.7 Å². The van der Waals surface area contributed by atoms with Gasteiger partial charge in [0.2, 0.25) is 0 Å². The fourth-order valence-corrected chi connectivity index (χ4v) is 2.22. The minimum atomic E-state index is -0.228. The summed E-state index contributed by atoms with van der Waals surface area (Å²) in [6, 6.07) is 5.02. The van der Waals surface area contributed by atoms with Gasteiger partial charge in [-0.05, 0) is 35.0 Å². The van der Waals surface area contributed by atoms with Gasteiger partial charge in [0.15, 0.2) is 3.92 Å². The van der Waals surface area contributed by atoms with E-state index in [-0.39, 0.29) is 5.82 Å². The predicted molar refractivity (Wildman–Crippen MR) is 59.9 cm³/mol. The third-order valence-corrected chi connectivity index (χ3v) is 3.24. The van der Waals surface area contributed by atoms with Gasteiger partial charge in [-0.15, -0.1) is 11.3 Å². The molecule has 0 amide bonds. The van der Waals surface area contributed by atoms with Gasteiger partial charge in [0, 0.05) is 10.9 Å². The van der Waals surface area contributed by atoms with Gasteiger partial charge in [-0.3, -0.25) is 0 Å². The summed E-state index contributed by atoms with van der Waals surface area (Å²) in [5.41, 5.74) is 2.28. The molecule has 4 heteroatoms. The Morgan fingerprint density at radius 2 is 2.21 bits per heavy atom. The molecule has 2 aromatic rings. The molecule has 0 aliphatic heterocycles. The van der Waals surface area contributed by atoms with Gasteiger partial charge in [0.05, 0.1) is 5.69 Å². The number of rotatable bonds is 1. The summed E-state index contributed by atoms with van der Waals surface area (Å²) >= 11 is 4.71. The van der Waals surface area contributed by atoms with Gasteiger partial charge in [0.25, 0.3) is 0 Å². The summed E-state index contributed by atoms with van der Waals surface area (Å²) in [7, 11) is 0. The predicted octanol–water partition coefficient (Wildman–Crippen LogP) is 4.02. The Bertz CT molecular complexity index is 467. The first-order valence-electron chi connectivity index (χ1n) is 4.04. The van der Waals surface area contributed by atoms with Crippen molar-refractivity contribution in [2.24, 2.45) is 0 Å². The first-order valence-corrected chi connectivity index (χ1v) is 5.71. The molecular weight excluding hydrogens is 265 g/mol. The molecule has 0 N–H and O–H groups in total. The van der Waals surface area contributed by atoms with Crippen LogP contribution in [0.1, 0.15) is 5.56 Å². The number of hydrogen-bond donors (Lipinski definition) is 0. The Hall–Kier alpha value is -0.740. The van der Waals surface area contributed by atoms with E-state index in [0.717, 1.165) is 9.48 Å². The van der Waals surface area contributed by atoms with E-state index in [1.54, 1.807) is 12.1 Å². The molecule has 0 unspecified atom stereocenters. The van der Waals surface area contributed by atoms with Crippen molar-refractivity contribution < 1.29 is 4.39 Å². The number of halogens is 2. The van der Waals surface area contributed by atoms with E-state index >= 15 is 0 Å². The molecule has 2 rings (SSSR count). The summed E-state index contributed by atoms with van der Waals surface area (Å²) in [4.78, 5) is 4.18. The number of thiazole rings is 1. The molecule has 72 valence electrons. The Morgan fingerprint density at radius 3 is 2.86 bits per heavy atom. The zero-order valence-corrected chi connectivity index (χ0v) is 9.82. The third-order valence-electron chi connectivity index (χ3n) is 1.87. The third kappa shape index (κ3) is 1.86. The SMILES string of the molecule is Cc1ccc(F)c(-c2csc(Br)n2)c1. The van der Waals surface area contributed by atoms with Crippen molar-refractivity contribution >= 4 is 27.3 Å². The molecule has 0 aliphatic carbocycles. The Balaban J connectivity index is 2.55. The maximum absolute atomic E-state index is 13.4. The van der Waals surface area contributed by atoms with Crippen LogP contribution in [0.4, 0.5) is 4.39 Å². The maximum atomic E-state index is 13.4. The van der Waals surface area contributed by atoms with Crippen molar-refractivity contribution in [2.75, 3.05) is 0 Å². The molecule has 0 aliphatic rings. The minimum absolute atomic E-state index is 0.228. The van der Waals surface area contributed by atoms with E-state index in [1.807, 2.05) is 12.3 Å². The highest BCUT2D eigenvalue weighted by molar-refractivity contribution is 9.11. The topological polar surface area (TPSA) is 12.9 Å².